The van der Waals surface area contributed by atoms with Crippen molar-refractivity contribution in [3.63, 3.8) is 0 Å². The Morgan fingerprint density at radius 3 is 2.53 bits per heavy atom. The van der Waals surface area contributed by atoms with Gasteiger partial charge in [-0.05, 0) is 20.3 Å². The lowest BCUT2D eigenvalue weighted by molar-refractivity contribution is 0.225. The Labute approximate surface area is 89.7 Å². The number of nitrogens with one attached hydrogen (secondary N) is 1. The van der Waals surface area contributed by atoms with Gasteiger partial charge in [0.1, 0.15) is 11.6 Å². The van der Waals surface area contributed by atoms with Crippen LogP contribution in [0, 0.1) is 13.8 Å². The van der Waals surface area contributed by atoms with Crippen LogP contribution in [0.2, 0.25) is 0 Å². The molecular formula is C11H16N4. The van der Waals surface area contributed by atoms with Gasteiger partial charge in [0.25, 0.3) is 0 Å². The molecule has 4 rings (SSSR count). The van der Waals surface area contributed by atoms with E-state index in [0.29, 0.717) is 12.1 Å². The van der Waals surface area contributed by atoms with Gasteiger partial charge >= 0.3 is 0 Å². The van der Waals surface area contributed by atoms with E-state index in [2.05, 4.69) is 26.3 Å². The lowest BCUT2D eigenvalue weighted by Gasteiger charge is -2.48. The Morgan fingerprint density at radius 2 is 1.93 bits per heavy atom. The lowest BCUT2D eigenvalue weighted by Crippen LogP contribution is -2.67. The van der Waals surface area contributed by atoms with Crippen molar-refractivity contribution in [2.75, 3.05) is 18.0 Å². The third-order valence-electron chi connectivity index (χ3n) is 3.20. The average Bonchev–Trinajstić information content (AvgIpc) is 2.15. The smallest absolute Gasteiger partial charge is 0.132 e. The van der Waals surface area contributed by atoms with E-state index in [1.165, 1.54) is 6.42 Å². The number of hydrogen-bond acceptors (Lipinski definition) is 4. The van der Waals surface area contributed by atoms with Gasteiger partial charge in [-0.1, -0.05) is 0 Å². The van der Waals surface area contributed by atoms with Gasteiger partial charge in [0.05, 0.1) is 0 Å². The number of piperazine rings is 1. The van der Waals surface area contributed by atoms with E-state index in [1.54, 1.807) is 0 Å². The molecule has 0 saturated carbocycles. The predicted molar refractivity (Wildman–Crippen MR) is 59.0 cm³/mol. The van der Waals surface area contributed by atoms with Gasteiger partial charge < -0.3 is 10.2 Å². The quantitative estimate of drug-likeness (QED) is 0.729. The van der Waals surface area contributed by atoms with Crippen LogP contribution in [0.1, 0.15) is 17.9 Å². The second-order valence-electron chi connectivity index (χ2n) is 4.62. The molecule has 4 heterocycles. The summed E-state index contributed by atoms with van der Waals surface area (Å²) in [5.41, 5.74) is 1.06. The van der Waals surface area contributed by atoms with Crippen LogP contribution in [0.5, 0.6) is 0 Å². The van der Waals surface area contributed by atoms with Crippen molar-refractivity contribution in [3.8, 4) is 0 Å². The first kappa shape index (κ1) is 9.09. The molecule has 3 aliphatic heterocycles. The maximum absolute atomic E-state index is 4.50. The van der Waals surface area contributed by atoms with Gasteiger partial charge in [0.2, 0.25) is 0 Å². The van der Waals surface area contributed by atoms with Gasteiger partial charge in [-0.2, -0.15) is 0 Å². The van der Waals surface area contributed by atoms with E-state index in [0.717, 1.165) is 30.4 Å². The molecule has 15 heavy (non-hydrogen) atoms. The van der Waals surface area contributed by atoms with Gasteiger partial charge in [0, 0.05) is 36.9 Å². The molecule has 3 aliphatic rings. The maximum atomic E-state index is 4.50. The molecule has 0 spiro atoms. The Kier molecular flexibility index (Phi) is 1.92. The molecule has 0 aromatic carbocycles. The van der Waals surface area contributed by atoms with Crippen molar-refractivity contribution in [1.29, 1.82) is 0 Å². The third kappa shape index (κ3) is 1.59. The highest BCUT2D eigenvalue weighted by Gasteiger charge is 2.36. The molecule has 2 unspecified atom stereocenters. The maximum Gasteiger partial charge on any atom is 0.132 e. The highest BCUT2D eigenvalue weighted by Crippen LogP contribution is 2.24. The van der Waals surface area contributed by atoms with Gasteiger partial charge in [-0.3, -0.25) is 0 Å². The molecule has 0 amide bonds. The van der Waals surface area contributed by atoms with Crippen molar-refractivity contribution in [1.82, 2.24) is 15.3 Å². The summed E-state index contributed by atoms with van der Waals surface area (Å²) in [6.45, 7) is 6.17. The first-order chi connectivity index (χ1) is 7.20. The summed E-state index contributed by atoms with van der Waals surface area (Å²) < 4.78 is 0. The predicted octanol–water partition coefficient (Wildman–Crippen LogP) is 0.644. The number of piperidine rings is 1. The molecule has 0 radical (unpaired) electrons. The number of anilines is 1. The van der Waals surface area contributed by atoms with Crippen molar-refractivity contribution < 1.29 is 0 Å². The normalized spacial score (nSPS) is 28.8. The zero-order valence-electron chi connectivity index (χ0n) is 9.20. The highest BCUT2D eigenvalue weighted by atomic mass is 15.3. The number of nitrogens with zero attached hydrogens (tertiary/aromatic N) is 3. The fourth-order valence-corrected chi connectivity index (χ4v) is 2.56. The lowest BCUT2D eigenvalue weighted by atomic mass is 9.91. The van der Waals surface area contributed by atoms with E-state index >= 15 is 0 Å². The topological polar surface area (TPSA) is 41.0 Å². The monoisotopic (exact) mass is 204 g/mol. The summed E-state index contributed by atoms with van der Waals surface area (Å²) in [5, 5.41) is 3.52. The first-order valence-electron chi connectivity index (χ1n) is 5.54. The van der Waals surface area contributed by atoms with E-state index in [4.69, 9.17) is 0 Å². The number of rotatable bonds is 1. The Hall–Kier alpha value is -1.16. The summed E-state index contributed by atoms with van der Waals surface area (Å²) in [6, 6.07) is 3.44. The molecule has 1 aromatic rings. The SMILES string of the molecule is Cc1cc(N2CC3CC(C2)N3)nc(C)n1. The van der Waals surface area contributed by atoms with E-state index in [1.807, 2.05) is 13.8 Å². The first-order valence-corrected chi connectivity index (χ1v) is 5.54. The van der Waals surface area contributed by atoms with Crippen LogP contribution in [0.15, 0.2) is 6.07 Å². The molecular weight excluding hydrogens is 188 g/mol. The van der Waals surface area contributed by atoms with Crippen LogP contribution in [-0.4, -0.2) is 35.1 Å². The summed E-state index contributed by atoms with van der Waals surface area (Å²) in [7, 11) is 0. The van der Waals surface area contributed by atoms with Crippen LogP contribution in [0.25, 0.3) is 0 Å². The minimum absolute atomic E-state index is 0.680. The van der Waals surface area contributed by atoms with Crippen LogP contribution >= 0.6 is 0 Å². The van der Waals surface area contributed by atoms with Crippen molar-refractivity contribution in [2.24, 2.45) is 0 Å². The number of aromatic nitrogens is 2. The number of fused-ring (bicyclic) bond motifs is 2. The standard InChI is InChI=1S/C11H16N4/c1-7-3-11(13-8(2)12-7)15-5-9-4-10(6-15)14-9/h3,9-10,14H,4-6H2,1-2H3. The zero-order chi connectivity index (χ0) is 10.4. The van der Waals surface area contributed by atoms with Crippen LogP contribution in [0.3, 0.4) is 0 Å². The largest absolute Gasteiger partial charge is 0.353 e. The average molecular weight is 204 g/mol. The Balaban J connectivity index is 1.86. The summed E-state index contributed by atoms with van der Waals surface area (Å²) >= 11 is 0. The molecule has 0 aliphatic carbocycles. The molecule has 3 fully saturated rings. The Bertz CT molecular complexity index is 354. The molecule has 1 N–H and O–H groups in total. The molecule has 3 saturated heterocycles. The van der Waals surface area contributed by atoms with Crippen molar-refractivity contribution in [2.45, 2.75) is 32.4 Å². The van der Waals surface area contributed by atoms with Gasteiger partial charge in [-0.15, -0.1) is 0 Å². The fraction of sp³-hybridized carbons (Fsp3) is 0.636. The highest BCUT2D eigenvalue weighted by molar-refractivity contribution is 5.42. The number of aryl methyl sites for hydroxylation is 2. The Morgan fingerprint density at radius 1 is 1.27 bits per heavy atom. The molecule has 2 bridgehead atoms. The minimum atomic E-state index is 0.680. The molecule has 4 nitrogen and oxygen atoms in total. The van der Waals surface area contributed by atoms with Gasteiger partial charge in [-0.25, -0.2) is 9.97 Å². The zero-order valence-corrected chi connectivity index (χ0v) is 9.20. The van der Waals surface area contributed by atoms with Crippen molar-refractivity contribution >= 4 is 5.82 Å². The summed E-state index contributed by atoms with van der Waals surface area (Å²) in [4.78, 5) is 11.2. The third-order valence-corrected chi connectivity index (χ3v) is 3.20. The van der Waals surface area contributed by atoms with Crippen LogP contribution in [0.4, 0.5) is 5.82 Å². The molecule has 2 atom stereocenters. The second-order valence-corrected chi connectivity index (χ2v) is 4.62. The molecule has 1 aromatic heterocycles. The summed E-state index contributed by atoms with van der Waals surface area (Å²) in [6.07, 6.45) is 1.33. The molecule has 4 heteroatoms. The second kappa shape index (κ2) is 3.17. The van der Waals surface area contributed by atoms with Crippen molar-refractivity contribution in [3.05, 3.63) is 17.6 Å². The summed E-state index contributed by atoms with van der Waals surface area (Å²) in [5.74, 6) is 1.97. The van der Waals surface area contributed by atoms with Crippen LogP contribution < -0.4 is 10.2 Å². The van der Waals surface area contributed by atoms with Crippen LogP contribution in [-0.2, 0) is 0 Å². The van der Waals surface area contributed by atoms with E-state index in [9.17, 15) is 0 Å². The van der Waals surface area contributed by atoms with E-state index < -0.39 is 0 Å². The minimum Gasteiger partial charge on any atom is -0.353 e. The number of hydrogen-bond donors (Lipinski definition) is 1. The molecule has 80 valence electrons. The van der Waals surface area contributed by atoms with Gasteiger partial charge in [0.15, 0.2) is 0 Å². The fourth-order valence-electron chi connectivity index (χ4n) is 2.56. The van der Waals surface area contributed by atoms with E-state index in [-0.39, 0.29) is 0 Å².